The first-order valence-corrected chi connectivity index (χ1v) is 4.74. The van der Waals surface area contributed by atoms with E-state index in [1.54, 1.807) is 29.1 Å². The predicted molar refractivity (Wildman–Crippen MR) is 52.9 cm³/mol. The third-order valence-corrected chi connectivity index (χ3v) is 2.24. The van der Waals surface area contributed by atoms with Crippen molar-refractivity contribution in [3.05, 3.63) is 36.7 Å². The van der Waals surface area contributed by atoms with Gasteiger partial charge in [-0.2, -0.15) is 4.52 Å². The van der Waals surface area contributed by atoms with Crippen LogP contribution in [-0.2, 0) is 0 Å². The highest BCUT2D eigenvalue weighted by Crippen LogP contribution is 2.17. The number of rotatable bonds is 2. The molecule has 3 aromatic heterocycles. The van der Waals surface area contributed by atoms with Crippen LogP contribution >= 0.6 is 0 Å². The second-order valence-electron chi connectivity index (χ2n) is 3.29. The van der Waals surface area contributed by atoms with Crippen molar-refractivity contribution in [2.45, 2.75) is 6.43 Å². The molecule has 0 aromatic carbocycles. The second-order valence-corrected chi connectivity index (χ2v) is 3.29. The van der Waals surface area contributed by atoms with Gasteiger partial charge in [0.25, 0.3) is 6.43 Å². The van der Waals surface area contributed by atoms with Gasteiger partial charge in [-0.25, -0.2) is 13.8 Å². The lowest BCUT2D eigenvalue weighted by atomic mass is 10.5. The molecule has 0 unspecified atom stereocenters. The number of aromatic nitrogens is 6. The highest BCUT2D eigenvalue weighted by molar-refractivity contribution is 5.39. The Morgan fingerprint density at radius 1 is 1.18 bits per heavy atom. The van der Waals surface area contributed by atoms with Crippen molar-refractivity contribution in [3.8, 4) is 5.82 Å². The molecule has 0 amide bonds. The van der Waals surface area contributed by atoms with Gasteiger partial charge in [-0.15, -0.1) is 15.3 Å². The van der Waals surface area contributed by atoms with Crippen LogP contribution in [0.4, 0.5) is 8.78 Å². The Morgan fingerprint density at radius 3 is 2.76 bits per heavy atom. The third-order valence-electron chi connectivity index (χ3n) is 2.24. The zero-order valence-corrected chi connectivity index (χ0v) is 8.40. The van der Waals surface area contributed by atoms with Gasteiger partial charge in [0.2, 0.25) is 5.82 Å². The number of hydrogen-bond donors (Lipinski definition) is 0. The van der Waals surface area contributed by atoms with E-state index in [0.29, 0.717) is 5.82 Å². The van der Waals surface area contributed by atoms with Gasteiger partial charge in [0.05, 0.1) is 0 Å². The zero-order chi connectivity index (χ0) is 11.8. The fourth-order valence-electron chi connectivity index (χ4n) is 1.46. The second kappa shape index (κ2) is 3.58. The molecule has 0 radical (unpaired) electrons. The molecule has 0 aliphatic heterocycles. The van der Waals surface area contributed by atoms with Crippen molar-refractivity contribution in [3.63, 3.8) is 0 Å². The Labute approximate surface area is 93.5 Å². The SMILES string of the molecule is FC(F)c1nnc2ccc(-n3ccnc3)nn12. The van der Waals surface area contributed by atoms with E-state index in [0.717, 1.165) is 4.52 Å². The minimum absolute atomic E-state index is 0.282. The molecule has 6 nitrogen and oxygen atoms in total. The molecule has 0 aliphatic carbocycles. The van der Waals surface area contributed by atoms with Gasteiger partial charge in [-0.05, 0) is 12.1 Å². The standard InChI is InChI=1S/C9H6F2N6/c10-8(11)9-14-13-6-1-2-7(15-17(6)9)16-4-3-12-5-16/h1-5,8H. The summed E-state index contributed by atoms with van der Waals surface area (Å²) in [5.74, 6) is -0.00124. The average Bonchev–Trinajstić information content (AvgIpc) is 2.97. The maximum absolute atomic E-state index is 12.6. The van der Waals surface area contributed by atoms with Crippen LogP contribution in [0, 0.1) is 0 Å². The minimum Gasteiger partial charge on any atom is -0.289 e. The van der Waals surface area contributed by atoms with Gasteiger partial charge in [-0.1, -0.05) is 0 Å². The van der Waals surface area contributed by atoms with E-state index < -0.39 is 12.2 Å². The molecular formula is C9H6F2N6. The van der Waals surface area contributed by atoms with E-state index in [-0.39, 0.29) is 5.65 Å². The molecule has 0 aliphatic rings. The van der Waals surface area contributed by atoms with Crippen LogP contribution < -0.4 is 0 Å². The summed E-state index contributed by atoms with van der Waals surface area (Å²) in [6.07, 6.45) is 2.06. The largest absolute Gasteiger partial charge is 0.299 e. The molecule has 86 valence electrons. The smallest absolute Gasteiger partial charge is 0.289 e. The number of imidazole rings is 1. The summed E-state index contributed by atoms with van der Waals surface area (Å²) in [4.78, 5) is 3.86. The maximum atomic E-state index is 12.6. The van der Waals surface area contributed by atoms with Gasteiger partial charge in [0.15, 0.2) is 11.5 Å². The molecule has 0 N–H and O–H groups in total. The van der Waals surface area contributed by atoms with E-state index in [1.807, 2.05) is 0 Å². The van der Waals surface area contributed by atoms with Crippen molar-refractivity contribution in [1.82, 2.24) is 29.4 Å². The number of nitrogens with zero attached hydrogens (tertiary/aromatic N) is 6. The summed E-state index contributed by atoms with van der Waals surface area (Å²) in [5.41, 5.74) is 0.282. The molecule has 0 bridgehead atoms. The Balaban J connectivity index is 2.20. The van der Waals surface area contributed by atoms with Crippen LogP contribution in [0.2, 0.25) is 0 Å². The van der Waals surface area contributed by atoms with Gasteiger partial charge >= 0.3 is 0 Å². The van der Waals surface area contributed by atoms with Crippen LogP contribution in [0.15, 0.2) is 30.9 Å². The summed E-state index contributed by atoms with van der Waals surface area (Å²) in [6, 6.07) is 3.22. The molecule has 0 saturated heterocycles. The van der Waals surface area contributed by atoms with E-state index in [4.69, 9.17) is 0 Å². The quantitative estimate of drug-likeness (QED) is 0.671. The first kappa shape index (κ1) is 9.82. The molecule has 3 heterocycles. The van der Waals surface area contributed by atoms with Crippen LogP contribution in [0.3, 0.4) is 0 Å². The molecule has 0 spiro atoms. The first-order chi connectivity index (χ1) is 8.25. The number of fused-ring (bicyclic) bond motifs is 1. The van der Waals surface area contributed by atoms with E-state index in [1.165, 1.54) is 6.33 Å². The highest BCUT2D eigenvalue weighted by atomic mass is 19.3. The van der Waals surface area contributed by atoms with E-state index in [2.05, 4.69) is 20.3 Å². The lowest BCUT2D eigenvalue weighted by Gasteiger charge is -2.02. The van der Waals surface area contributed by atoms with Gasteiger partial charge in [-0.3, -0.25) is 4.57 Å². The molecule has 0 saturated carbocycles. The Kier molecular flexibility index (Phi) is 2.07. The molecule has 0 fully saturated rings. The molecule has 8 heteroatoms. The normalized spacial score (nSPS) is 11.5. The fraction of sp³-hybridized carbons (Fsp3) is 0.111. The molecule has 3 aromatic rings. The number of hydrogen-bond acceptors (Lipinski definition) is 4. The number of halogens is 2. The van der Waals surface area contributed by atoms with Crippen molar-refractivity contribution in [2.24, 2.45) is 0 Å². The van der Waals surface area contributed by atoms with Crippen LogP contribution in [0.5, 0.6) is 0 Å². The topological polar surface area (TPSA) is 60.9 Å². The molecule has 17 heavy (non-hydrogen) atoms. The van der Waals surface area contributed by atoms with E-state index in [9.17, 15) is 8.78 Å². The zero-order valence-electron chi connectivity index (χ0n) is 8.40. The monoisotopic (exact) mass is 236 g/mol. The lowest BCUT2D eigenvalue weighted by Crippen LogP contribution is -2.03. The molecular weight excluding hydrogens is 230 g/mol. The lowest BCUT2D eigenvalue weighted by molar-refractivity contribution is 0.137. The Hall–Kier alpha value is -2.38. The Bertz CT molecular complexity index is 645. The predicted octanol–water partition coefficient (Wildman–Crippen LogP) is 1.25. The highest BCUT2D eigenvalue weighted by Gasteiger charge is 2.17. The van der Waals surface area contributed by atoms with Crippen molar-refractivity contribution in [1.29, 1.82) is 0 Å². The summed E-state index contributed by atoms with van der Waals surface area (Å²) < 4.78 is 27.9. The fourth-order valence-corrected chi connectivity index (χ4v) is 1.46. The first-order valence-electron chi connectivity index (χ1n) is 4.74. The summed E-state index contributed by atoms with van der Waals surface area (Å²) in [7, 11) is 0. The maximum Gasteiger partial charge on any atom is 0.299 e. The van der Waals surface area contributed by atoms with Crippen LogP contribution in [-0.4, -0.2) is 29.4 Å². The van der Waals surface area contributed by atoms with Gasteiger partial charge in [0, 0.05) is 12.4 Å². The van der Waals surface area contributed by atoms with Gasteiger partial charge < -0.3 is 0 Å². The van der Waals surface area contributed by atoms with Crippen LogP contribution in [0.1, 0.15) is 12.2 Å². The molecule has 0 atom stereocenters. The van der Waals surface area contributed by atoms with Crippen LogP contribution in [0.25, 0.3) is 11.5 Å². The molecule has 3 rings (SSSR count). The van der Waals surface area contributed by atoms with Crippen molar-refractivity contribution < 1.29 is 8.78 Å². The summed E-state index contributed by atoms with van der Waals surface area (Å²) >= 11 is 0. The average molecular weight is 236 g/mol. The van der Waals surface area contributed by atoms with Crippen molar-refractivity contribution >= 4 is 5.65 Å². The summed E-state index contributed by atoms with van der Waals surface area (Å²) in [5, 5.41) is 11.0. The van der Waals surface area contributed by atoms with Crippen molar-refractivity contribution in [2.75, 3.05) is 0 Å². The summed E-state index contributed by atoms with van der Waals surface area (Å²) in [6.45, 7) is 0. The minimum atomic E-state index is -2.71. The number of alkyl halides is 2. The van der Waals surface area contributed by atoms with Gasteiger partial charge in [0.1, 0.15) is 6.33 Å². The third kappa shape index (κ3) is 1.53. The van der Waals surface area contributed by atoms with E-state index >= 15 is 0 Å². The Morgan fingerprint density at radius 2 is 2.06 bits per heavy atom.